The van der Waals surface area contributed by atoms with Crippen molar-refractivity contribution < 1.29 is 14.0 Å². The van der Waals surface area contributed by atoms with E-state index in [1.54, 1.807) is 12.1 Å². The van der Waals surface area contributed by atoms with Crippen molar-refractivity contribution >= 4 is 17.3 Å². The van der Waals surface area contributed by atoms with E-state index in [0.717, 1.165) is 23.5 Å². The van der Waals surface area contributed by atoms with E-state index in [1.807, 2.05) is 25.5 Å². The van der Waals surface area contributed by atoms with Crippen LogP contribution in [0, 0.1) is 19.7 Å². The van der Waals surface area contributed by atoms with Crippen LogP contribution in [-0.4, -0.2) is 27.5 Å². The molecule has 0 aliphatic carbocycles. The monoisotopic (exact) mass is 330 g/mol. The van der Waals surface area contributed by atoms with Crippen molar-refractivity contribution in [3.8, 4) is 0 Å². The number of oxime groups is 1. The van der Waals surface area contributed by atoms with Gasteiger partial charge in [0.1, 0.15) is 5.82 Å². The average Bonchev–Trinajstić information content (AvgIpc) is 3.16. The Morgan fingerprint density at radius 3 is 2.71 bits per heavy atom. The summed E-state index contributed by atoms with van der Waals surface area (Å²) in [7, 11) is 0. The molecule has 0 radical (unpaired) electrons. The number of nitrogens with zero attached hydrogens (tertiary/aromatic N) is 3. The van der Waals surface area contributed by atoms with Gasteiger partial charge in [-0.1, -0.05) is 17.3 Å². The molecule has 0 fully saturated rings. The third kappa shape index (κ3) is 3.02. The topological polar surface area (TPSA) is 68.5 Å². The van der Waals surface area contributed by atoms with Gasteiger partial charge in [-0.25, -0.2) is 4.39 Å². The maximum Gasteiger partial charge on any atom is 0.268 e. The Kier molecular flexibility index (Phi) is 4.33. The van der Waals surface area contributed by atoms with Crippen LogP contribution in [0.25, 0.3) is 0 Å². The van der Waals surface area contributed by atoms with Crippen molar-refractivity contribution in [2.24, 2.45) is 5.16 Å². The zero-order chi connectivity index (χ0) is 17.3. The molecular formula is C17H19FN4O2. The van der Waals surface area contributed by atoms with Crippen molar-refractivity contribution in [3.63, 3.8) is 0 Å². The largest absolute Gasteiger partial charge is 0.382 e. The number of halogens is 1. The molecule has 1 aromatic carbocycles. The van der Waals surface area contributed by atoms with E-state index in [0.29, 0.717) is 17.8 Å². The number of anilines is 1. The van der Waals surface area contributed by atoms with Gasteiger partial charge in [0.15, 0.2) is 0 Å². The molecule has 6 nitrogen and oxygen atoms in total. The Hall–Kier alpha value is -2.70. The van der Waals surface area contributed by atoms with Gasteiger partial charge in [0.2, 0.25) is 6.10 Å². The van der Waals surface area contributed by atoms with Crippen LogP contribution in [0.1, 0.15) is 30.3 Å². The van der Waals surface area contributed by atoms with E-state index in [9.17, 15) is 9.18 Å². The molecular weight excluding hydrogens is 311 g/mol. The molecule has 0 saturated carbocycles. The first-order chi connectivity index (χ1) is 11.5. The van der Waals surface area contributed by atoms with Gasteiger partial charge in [0.05, 0.1) is 22.8 Å². The minimum absolute atomic E-state index is 0.266. The Balaban J connectivity index is 1.68. The molecule has 3 rings (SSSR count). The molecule has 7 heteroatoms. The lowest BCUT2D eigenvalue weighted by molar-refractivity contribution is -0.125. The third-order valence-corrected chi connectivity index (χ3v) is 4.07. The highest BCUT2D eigenvalue weighted by atomic mass is 19.1. The van der Waals surface area contributed by atoms with Crippen LogP contribution in [0.15, 0.2) is 29.4 Å². The normalized spacial score (nSPS) is 16.7. The standard InChI is InChI=1S/C17H19FN4O2/c1-4-22-11(3)16(10(2)20-22)19-17(23)15-9-14(21-24-15)12-5-7-13(18)8-6-12/h5-8,15H,4,9H2,1-3H3,(H,19,23). The molecule has 126 valence electrons. The second kappa shape index (κ2) is 6.43. The molecule has 0 bridgehead atoms. The van der Waals surface area contributed by atoms with Crippen molar-refractivity contribution in [1.29, 1.82) is 0 Å². The summed E-state index contributed by atoms with van der Waals surface area (Å²) >= 11 is 0. The molecule has 1 aromatic heterocycles. The number of benzene rings is 1. The highest BCUT2D eigenvalue weighted by Gasteiger charge is 2.30. The molecule has 2 aromatic rings. The lowest BCUT2D eigenvalue weighted by atomic mass is 10.0. The summed E-state index contributed by atoms with van der Waals surface area (Å²) in [5.74, 6) is -0.579. The number of aromatic nitrogens is 2. The predicted octanol–water partition coefficient (Wildman–Crippen LogP) is 2.79. The summed E-state index contributed by atoms with van der Waals surface area (Å²) in [6.45, 7) is 6.49. The van der Waals surface area contributed by atoms with Crippen molar-refractivity contribution in [2.75, 3.05) is 5.32 Å². The zero-order valence-corrected chi connectivity index (χ0v) is 13.8. The molecule has 1 N–H and O–H groups in total. The fraction of sp³-hybridized carbons (Fsp3) is 0.353. The van der Waals surface area contributed by atoms with Gasteiger partial charge in [-0.2, -0.15) is 5.10 Å². The predicted molar refractivity (Wildman–Crippen MR) is 88.4 cm³/mol. The minimum atomic E-state index is -0.700. The third-order valence-electron chi connectivity index (χ3n) is 4.07. The number of amides is 1. The second-order valence-electron chi connectivity index (χ2n) is 5.69. The molecule has 1 unspecified atom stereocenters. The second-order valence-corrected chi connectivity index (χ2v) is 5.69. The van der Waals surface area contributed by atoms with Crippen molar-refractivity contribution in [1.82, 2.24) is 9.78 Å². The number of nitrogens with one attached hydrogen (secondary N) is 1. The molecule has 24 heavy (non-hydrogen) atoms. The fourth-order valence-electron chi connectivity index (χ4n) is 2.72. The van der Waals surface area contributed by atoms with E-state index in [1.165, 1.54) is 12.1 Å². The van der Waals surface area contributed by atoms with Crippen LogP contribution in [-0.2, 0) is 16.2 Å². The number of carbonyl (C=O) groups is 1. The molecule has 1 atom stereocenters. The lowest BCUT2D eigenvalue weighted by Crippen LogP contribution is -2.28. The summed E-state index contributed by atoms with van der Waals surface area (Å²) in [6.07, 6.45) is -0.355. The first-order valence-electron chi connectivity index (χ1n) is 7.83. The maximum atomic E-state index is 13.0. The van der Waals surface area contributed by atoms with Crippen LogP contribution in [0.4, 0.5) is 10.1 Å². The molecule has 0 spiro atoms. The highest BCUT2D eigenvalue weighted by molar-refractivity contribution is 6.06. The number of hydrogen-bond acceptors (Lipinski definition) is 4. The number of carbonyl (C=O) groups excluding carboxylic acids is 1. The SMILES string of the molecule is CCn1nc(C)c(NC(=O)C2CC(c3ccc(F)cc3)=NO2)c1C. The Morgan fingerprint density at radius 1 is 1.38 bits per heavy atom. The molecule has 1 aliphatic rings. The van der Waals surface area contributed by atoms with Crippen molar-refractivity contribution in [3.05, 3.63) is 47.0 Å². The first-order valence-corrected chi connectivity index (χ1v) is 7.83. The van der Waals surface area contributed by atoms with Gasteiger partial charge >= 0.3 is 0 Å². The van der Waals surface area contributed by atoms with Crippen molar-refractivity contribution in [2.45, 2.75) is 39.8 Å². The summed E-state index contributed by atoms with van der Waals surface area (Å²) in [6, 6.07) is 5.96. The van der Waals surface area contributed by atoms with Crippen LogP contribution >= 0.6 is 0 Å². The molecule has 2 heterocycles. The van der Waals surface area contributed by atoms with E-state index in [4.69, 9.17) is 4.84 Å². The van der Waals surface area contributed by atoms with Gasteiger partial charge in [-0.3, -0.25) is 9.48 Å². The van der Waals surface area contributed by atoms with Gasteiger partial charge in [0, 0.05) is 13.0 Å². The van der Waals surface area contributed by atoms with Crippen LogP contribution < -0.4 is 5.32 Å². The minimum Gasteiger partial charge on any atom is -0.382 e. The Morgan fingerprint density at radius 2 is 2.08 bits per heavy atom. The molecule has 0 saturated heterocycles. The maximum absolute atomic E-state index is 13.0. The summed E-state index contributed by atoms with van der Waals surface area (Å²) < 4.78 is 14.8. The van der Waals surface area contributed by atoms with E-state index in [-0.39, 0.29) is 11.7 Å². The van der Waals surface area contributed by atoms with Gasteiger partial charge < -0.3 is 10.2 Å². The number of aryl methyl sites for hydroxylation is 2. The first kappa shape index (κ1) is 16.2. The zero-order valence-electron chi connectivity index (χ0n) is 13.8. The Labute approximate surface area is 139 Å². The van der Waals surface area contributed by atoms with Crippen LogP contribution in [0.2, 0.25) is 0 Å². The van der Waals surface area contributed by atoms with Crippen LogP contribution in [0.3, 0.4) is 0 Å². The van der Waals surface area contributed by atoms with E-state index in [2.05, 4.69) is 15.6 Å². The summed E-state index contributed by atoms with van der Waals surface area (Å²) in [4.78, 5) is 17.7. The van der Waals surface area contributed by atoms with E-state index < -0.39 is 6.10 Å². The van der Waals surface area contributed by atoms with Gasteiger partial charge in [0.25, 0.3) is 5.91 Å². The fourth-order valence-corrected chi connectivity index (χ4v) is 2.72. The Bertz CT molecular complexity index is 796. The highest BCUT2D eigenvalue weighted by Crippen LogP contribution is 2.22. The summed E-state index contributed by atoms with van der Waals surface area (Å²) in [5, 5.41) is 11.2. The smallest absolute Gasteiger partial charge is 0.268 e. The molecule has 1 amide bonds. The van der Waals surface area contributed by atoms with E-state index >= 15 is 0 Å². The number of hydrogen-bond donors (Lipinski definition) is 1. The van der Waals surface area contributed by atoms with Gasteiger partial charge in [-0.05, 0) is 38.5 Å². The van der Waals surface area contributed by atoms with Crippen LogP contribution in [0.5, 0.6) is 0 Å². The lowest BCUT2D eigenvalue weighted by Gasteiger charge is -2.10. The molecule has 1 aliphatic heterocycles. The summed E-state index contributed by atoms with van der Waals surface area (Å²) in [5.41, 5.74) is 3.76. The van der Waals surface area contributed by atoms with Gasteiger partial charge in [-0.15, -0.1) is 0 Å². The quantitative estimate of drug-likeness (QED) is 0.937. The average molecular weight is 330 g/mol. The number of rotatable bonds is 4.